The molecular weight excluding hydrogens is 448 g/mol. The van der Waals surface area contributed by atoms with Crippen molar-refractivity contribution in [2.75, 3.05) is 29.9 Å². The van der Waals surface area contributed by atoms with Crippen LogP contribution in [0.4, 0.5) is 5.69 Å². The Balaban J connectivity index is 1.20. The molecule has 168 valence electrons. The van der Waals surface area contributed by atoms with Crippen molar-refractivity contribution in [2.45, 2.75) is 17.2 Å². The Hall–Kier alpha value is -2.74. The zero-order valence-corrected chi connectivity index (χ0v) is 19.9. The van der Waals surface area contributed by atoms with E-state index in [4.69, 9.17) is 0 Å². The van der Waals surface area contributed by atoms with Gasteiger partial charge in [-0.25, -0.2) is 4.98 Å². The number of para-hydroxylation sites is 1. The number of nitrogens with zero attached hydrogens (tertiary/aromatic N) is 3. The number of carbonyl (C=O) groups excluding carboxylic acids is 1. The summed E-state index contributed by atoms with van der Waals surface area (Å²) in [7, 11) is 0. The van der Waals surface area contributed by atoms with Crippen LogP contribution in [0, 0.1) is 0 Å². The zero-order chi connectivity index (χ0) is 22.5. The number of anilines is 1. The van der Waals surface area contributed by atoms with E-state index in [1.54, 1.807) is 11.8 Å². The van der Waals surface area contributed by atoms with E-state index < -0.39 is 0 Å². The van der Waals surface area contributed by atoms with Gasteiger partial charge in [-0.2, -0.15) is 11.8 Å². The Kier molecular flexibility index (Phi) is 7.00. The van der Waals surface area contributed by atoms with Crippen molar-refractivity contribution in [3.05, 3.63) is 95.9 Å². The number of pyridine rings is 1. The van der Waals surface area contributed by atoms with Crippen molar-refractivity contribution in [3.63, 3.8) is 0 Å². The molecule has 0 bridgehead atoms. The molecule has 0 atom stereocenters. The first-order valence-electron chi connectivity index (χ1n) is 11.1. The van der Waals surface area contributed by atoms with Crippen molar-refractivity contribution in [3.8, 4) is 0 Å². The molecule has 0 saturated carbocycles. The maximum atomic E-state index is 12.9. The molecule has 4 aromatic rings. The third-order valence-electron chi connectivity index (χ3n) is 5.68. The monoisotopic (exact) mass is 474 g/mol. The second kappa shape index (κ2) is 10.5. The summed E-state index contributed by atoms with van der Waals surface area (Å²) in [6.07, 6.45) is 4.07. The number of hydrogen-bond acceptors (Lipinski definition) is 5. The van der Waals surface area contributed by atoms with E-state index in [9.17, 15) is 4.79 Å². The summed E-state index contributed by atoms with van der Waals surface area (Å²) in [5, 5.41) is 3.12. The fourth-order valence-corrected chi connectivity index (χ4v) is 5.65. The number of aromatic nitrogens is 2. The molecule has 0 radical (unpaired) electrons. The predicted molar refractivity (Wildman–Crippen MR) is 138 cm³/mol. The number of thioether (sulfide) groups is 2. The molecule has 5 nitrogen and oxygen atoms in total. The fraction of sp³-hybridized carbons (Fsp3) is 0.231. The second-order valence-electron chi connectivity index (χ2n) is 8.01. The molecule has 1 aliphatic rings. The molecule has 0 spiro atoms. The minimum absolute atomic E-state index is 0.0754. The summed E-state index contributed by atoms with van der Waals surface area (Å²) in [5.74, 6) is 3.07. The first-order valence-corrected chi connectivity index (χ1v) is 13.2. The summed E-state index contributed by atoms with van der Waals surface area (Å²) in [6.45, 7) is 3.07. The predicted octanol–water partition coefficient (Wildman–Crippen LogP) is 5.43. The van der Waals surface area contributed by atoms with E-state index in [0.29, 0.717) is 5.56 Å². The molecule has 33 heavy (non-hydrogen) atoms. The van der Waals surface area contributed by atoms with Crippen LogP contribution >= 0.6 is 23.5 Å². The van der Waals surface area contributed by atoms with E-state index in [-0.39, 0.29) is 5.91 Å². The third-order valence-corrected chi connectivity index (χ3v) is 7.67. The first kappa shape index (κ1) is 22.1. The minimum Gasteiger partial charge on any atom is -0.322 e. The Morgan fingerprint density at radius 1 is 1.00 bits per heavy atom. The number of amides is 1. The number of carbonyl (C=O) groups is 1. The highest BCUT2D eigenvalue weighted by Gasteiger charge is 2.14. The van der Waals surface area contributed by atoms with Gasteiger partial charge >= 0.3 is 0 Å². The van der Waals surface area contributed by atoms with Crippen molar-refractivity contribution < 1.29 is 4.79 Å². The average molecular weight is 475 g/mol. The fourth-order valence-electron chi connectivity index (χ4n) is 3.89. The lowest BCUT2D eigenvalue weighted by molar-refractivity contribution is 0.102. The van der Waals surface area contributed by atoms with Crippen LogP contribution in [0.5, 0.6) is 0 Å². The summed E-state index contributed by atoms with van der Waals surface area (Å²) in [6, 6.07) is 21.9. The molecule has 5 rings (SSSR count). The van der Waals surface area contributed by atoms with Crippen molar-refractivity contribution in [1.29, 1.82) is 0 Å². The quantitative estimate of drug-likeness (QED) is 0.362. The Labute approximate surface area is 202 Å². The van der Waals surface area contributed by atoms with Crippen LogP contribution < -0.4 is 5.32 Å². The SMILES string of the molecule is O=C(Nc1ccccc1CN1CCSCC1)c1ccc(SCc2cn3ccccc3n2)cc1. The standard InChI is InChI=1S/C26H26N4OS2/c31-26(28-24-6-2-1-5-21(24)17-29-13-15-32-16-14-29)20-8-10-23(11-9-20)33-19-22-18-30-12-4-3-7-25(30)27-22/h1-12,18H,13-17,19H2,(H,28,31). The summed E-state index contributed by atoms with van der Waals surface area (Å²) in [5.41, 5.74) is 4.72. The molecule has 1 N–H and O–H groups in total. The molecule has 2 aromatic carbocycles. The van der Waals surface area contributed by atoms with Gasteiger partial charge in [-0.15, -0.1) is 11.8 Å². The van der Waals surface area contributed by atoms with E-state index >= 15 is 0 Å². The molecule has 7 heteroatoms. The highest BCUT2D eigenvalue weighted by Crippen LogP contribution is 2.24. The van der Waals surface area contributed by atoms with Gasteiger partial charge in [0.15, 0.2) is 0 Å². The van der Waals surface area contributed by atoms with Gasteiger partial charge in [-0.05, 0) is 48.0 Å². The van der Waals surface area contributed by atoms with E-state index in [2.05, 4.69) is 27.5 Å². The average Bonchev–Trinajstić information content (AvgIpc) is 3.28. The third kappa shape index (κ3) is 5.61. The molecule has 1 saturated heterocycles. The molecular formula is C26H26N4OS2. The lowest BCUT2D eigenvalue weighted by atomic mass is 10.1. The highest BCUT2D eigenvalue weighted by atomic mass is 32.2. The number of hydrogen-bond donors (Lipinski definition) is 1. The van der Waals surface area contributed by atoms with Gasteiger partial charge in [0, 0.05) is 65.4 Å². The van der Waals surface area contributed by atoms with Crippen LogP contribution in [0.15, 0.2) is 84.0 Å². The first-order chi connectivity index (χ1) is 16.2. The van der Waals surface area contributed by atoms with Gasteiger partial charge in [0.1, 0.15) is 5.65 Å². The lowest BCUT2D eigenvalue weighted by Crippen LogP contribution is -2.32. The van der Waals surface area contributed by atoms with Crippen LogP contribution in [0.1, 0.15) is 21.6 Å². The molecule has 2 aromatic heterocycles. The Morgan fingerprint density at radius 2 is 1.79 bits per heavy atom. The highest BCUT2D eigenvalue weighted by molar-refractivity contribution is 7.99. The lowest BCUT2D eigenvalue weighted by Gasteiger charge is -2.27. The van der Waals surface area contributed by atoms with Crippen LogP contribution in [-0.2, 0) is 12.3 Å². The molecule has 3 heterocycles. The van der Waals surface area contributed by atoms with Gasteiger partial charge < -0.3 is 9.72 Å². The van der Waals surface area contributed by atoms with Crippen LogP contribution in [0.2, 0.25) is 0 Å². The number of rotatable bonds is 7. The van der Waals surface area contributed by atoms with E-state index in [1.807, 2.05) is 83.0 Å². The smallest absolute Gasteiger partial charge is 0.255 e. The van der Waals surface area contributed by atoms with Crippen molar-refractivity contribution in [1.82, 2.24) is 14.3 Å². The maximum Gasteiger partial charge on any atom is 0.255 e. The maximum absolute atomic E-state index is 12.9. The van der Waals surface area contributed by atoms with Gasteiger partial charge in [0.05, 0.1) is 5.69 Å². The van der Waals surface area contributed by atoms with Gasteiger partial charge in [-0.1, -0.05) is 24.3 Å². The van der Waals surface area contributed by atoms with Crippen LogP contribution in [0.3, 0.4) is 0 Å². The Morgan fingerprint density at radius 3 is 2.61 bits per heavy atom. The number of nitrogens with one attached hydrogen (secondary N) is 1. The normalized spacial score (nSPS) is 14.4. The molecule has 0 unspecified atom stereocenters. The van der Waals surface area contributed by atoms with Gasteiger partial charge in [0.25, 0.3) is 5.91 Å². The summed E-state index contributed by atoms with van der Waals surface area (Å²) >= 11 is 3.73. The van der Waals surface area contributed by atoms with Crippen molar-refractivity contribution >= 4 is 40.8 Å². The zero-order valence-electron chi connectivity index (χ0n) is 18.3. The summed E-state index contributed by atoms with van der Waals surface area (Å²) < 4.78 is 2.03. The van der Waals surface area contributed by atoms with E-state index in [0.717, 1.165) is 52.9 Å². The molecule has 0 aliphatic carbocycles. The topological polar surface area (TPSA) is 49.6 Å². The number of fused-ring (bicyclic) bond motifs is 1. The molecule has 1 aliphatic heterocycles. The minimum atomic E-state index is -0.0754. The number of benzene rings is 2. The Bertz CT molecular complexity index is 1200. The summed E-state index contributed by atoms with van der Waals surface area (Å²) in [4.78, 5) is 21.1. The van der Waals surface area contributed by atoms with Crippen molar-refractivity contribution in [2.24, 2.45) is 0 Å². The largest absolute Gasteiger partial charge is 0.322 e. The molecule has 1 fully saturated rings. The van der Waals surface area contributed by atoms with E-state index in [1.165, 1.54) is 11.5 Å². The van der Waals surface area contributed by atoms with Gasteiger partial charge in [-0.3, -0.25) is 9.69 Å². The molecule has 1 amide bonds. The second-order valence-corrected chi connectivity index (χ2v) is 10.3. The van der Waals surface area contributed by atoms with Gasteiger partial charge in [0.2, 0.25) is 0 Å². The van der Waals surface area contributed by atoms with Crippen LogP contribution in [0.25, 0.3) is 5.65 Å². The van der Waals surface area contributed by atoms with Crippen LogP contribution in [-0.4, -0.2) is 44.8 Å². The number of imidazole rings is 1.